The Morgan fingerprint density at radius 2 is 1.83 bits per heavy atom. The van der Waals surface area contributed by atoms with E-state index in [9.17, 15) is 0 Å². The molecule has 2 heteroatoms. The van der Waals surface area contributed by atoms with E-state index in [2.05, 4.69) is 20.8 Å². The SMILES string of the molecule is CC1CCC(C(C)C)C(N)C1.[Cl-]. The summed E-state index contributed by atoms with van der Waals surface area (Å²) in [4.78, 5) is 0. The predicted octanol–water partition coefficient (Wildman–Crippen LogP) is -0.590. The molecular formula is C10H21ClN-. The normalized spacial score (nSPS) is 36.2. The molecule has 0 aromatic rings. The van der Waals surface area contributed by atoms with Crippen LogP contribution in [0, 0.1) is 17.8 Å². The van der Waals surface area contributed by atoms with Gasteiger partial charge in [0.1, 0.15) is 0 Å². The Labute approximate surface area is 82.5 Å². The van der Waals surface area contributed by atoms with E-state index in [4.69, 9.17) is 5.73 Å². The highest BCUT2D eigenvalue weighted by molar-refractivity contribution is 4.82. The van der Waals surface area contributed by atoms with Crippen molar-refractivity contribution in [3.05, 3.63) is 0 Å². The molecule has 0 bridgehead atoms. The molecule has 1 saturated carbocycles. The molecule has 0 amide bonds. The summed E-state index contributed by atoms with van der Waals surface area (Å²) in [5.74, 6) is 2.42. The van der Waals surface area contributed by atoms with Crippen LogP contribution >= 0.6 is 0 Å². The van der Waals surface area contributed by atoms with Gasteiger partial charge < -0.3 is 18.1 Å². The Morgan fingerprint density at radius 3 is 2.25 bits per heavy atom. The van der Waals surface area contributed by atoms with Crippen LogP contribution in [-0.4, -0.2) is 6.04 Å². The molecule has 2 N–H and O–H groups in total. The Kier molecular flexibility index (Phi) is 5.19. The molecule has 0 saturated heterocycles. The van der Waals surface area contributed by atoms with Gasteiger partial charge in [0.25, 0.3) is 0 Å². The van der Waals surface area contributed by atoms with E-state index in [1.54, 1.807) is 0 Å². The van der Waals surface area contributed by atoms with Crippen LogP contribution in [0.25, 0.3) is 0 Å². The van der Waals surface area contributed by atoms with E-state index >= 15 is 0 Å². The van der Waals surface area contributed by atoms with Gasteiger partial charge in [-0.25, -0.2) is 0 Å². The molecule has 0 spiro atoms. The molecule has 0 aliphatic heterocycles. The van der Waals surface area contributed by atoms with E-state index in [0.717, 1.165) is 17.8 Å². The number of nitrogens with two attached hydrogens (primary N) is 1. The maximum absolute atomic E-state index is 6.07. The second-order valence-electron chi connectivity index (χ2n) is 4.49. The van der Waals surface area contributed by atoms with Gasteiger partial charge in [-0.3, -0.25) is 0 Å². The first kappa shape index (κ1) is 12.2. The standard InChI is InChI=1S/C10H21N.ClH/c1-7(2)9-5-4-8(3)6-10(9)11;/h7-10H,4-6,11H2,1-3H3;1H/p-1. The van der Waals surface area contributed by atoms with Gasteiger partial charge in [-0.05, 0) is 30.6 Å². The largest absolute Gasteiger partial charge is 1.00 e. The number of rotatable bonds is 1. The third-order valence-corrected chi connectivity index (χ3v) is 3.07. The molecule has 74 valence electrons. The number of hydrogen-bond acceptors (Lipinski definition) is 1. The first-order valence-electron chi connectivity index (χ1n) is 4.87. The van der Waals surface area contributed by atoms with Crippen molar-refractivity contribution in [1.82, 2.24) is 0 Å². The second kappa shape index (κ2) is 5.08. The molecule has 0 radical (unpaired) electrons. The van der Waals surface area contributed by atoms with Crippen LogP contribution in [0.4, 0.5) is 0 Å². The van der Waals surface area contributed by atoms with Gasteiger partial charge in [0.2, 0.25) is 0 Å². The Hall–Kier alpha value is 0.250. The van der Waals surface area contributed by atoms with Crippen molar-refractivity contribution in [3.63, 3.8) is 0 Å². The minimum Gasteiger partial charge on any atom is -1.00 e. The van der Waals surface area contributed by atoms with Crippen molar-refractivity contribution in [2.24, 2.45) is 23.5 Å². The predicted molar refractivity (Wildman–Crippen MR) is 49.3 cm³/mol. The molecule has 0 heterocycles. The fraction of sp³-hybridized carbons (Fsp3) is 1.00. The van der Waals surface area contributed by atoms with E-state index in [1.807, 2.05) is 0 Å². The fourth-order valence-corrected chi connectivity index (χ4v) is 2.28. The summed E-state index contributed by atoms with van der Waals surface area (Å²) < 4.78 is 0. The van der Waals surface area contributed by atoms with E-state index in [1.165, 1.54) is 19.3 Å². The Balaban J connectivity index is 0.00000121. The average molecular weight is 191 g/mol. The topological polar surface area (TPSA) is 26.0 Å². The maximum atomic E-state index is 6.07. The van der Waals surface area contributed by atoms with Gasteiger partial charge in [0, 0.05) is 6.04 Å². The summed E-state index contributed by atoms with van der Waals surface area (Å²) in [5, 5.41) is 0. The fourth-order valence-electron chi connectivity index (χ4n) is 2.28. The lowest BCUT2D eigenvalue weighted by molar-refractivity contribution is -0.00000306. The molecular weight excluding hydrogens is 170 g/mol. The van der Waals surface area contributed by atoms with Gasteiger partial charge >= 0.3 is 0 Å². The van der Waals surface area contributed by atoms with Crippen molar-refractivity contribution < 1.29 is 12.4 Å². The van der Waals surface area contributed by atoms with Crippen LogP contribution in [-0.2, 0) is 0 Å². The molecule has 0 aromatic carbocycles. The maximum Gasteiger partial charge on any atom is 0.00721 e. The third kappa shape index (κ3) is 2.95. The van der Waals surface area contributed by atoms with Crippen LogP contribution in [0.5, 0.6) is 0 Å². The zero-order valence-electron chi connectivity index (χ0n) is 8.39. The quantitative estimate of drug-likeness (QED) is 0.588. The highest BCUT2D eigenvalue weighted by atomic mass is 35.5. The van der Waals surface area contributed by atoms with Crippen LogP contribution < -0.4 is 18.1 Å². The van der Waals surface area contributed by atoms with Crippen molar-refractivity contribution in [1.29, 1.82) is 0 Å². The highest BCUT2D eigenvalue weighted by Crippen LogP contribution is 2.31. The molecule has 1 rings (SSSR count). The van der Waals surface area contributed by atoms with Crippen LogP contribution in [0.15, 0.2) is 0 Å². The summed E-state index contributed by atoms with van der Waals surface area (Å²) in [6.45, 7) is 6.90. The minimum atomic E-state index is 0. The molecule has 12 heavy (non-hydrogen) atoms. The van der Waals surface area contributed by atoms with E-state index in [0.29, 0.717) is 6.04 Å². The van der Waals surface area contributed by atoms with Gasteiger partial charge in [-0.2, -0.15) is 0 Å². The lowest BCUT2D eigenvalue weighted by Crippen LogP contribution is -3.00. The van der Waals surface area contributed by atoms with Crippen molar-refractivity contribution >= 4 is 0 Å². The molecule has 0 aromatic heterocycles. The lowest BCUT2D eigenvalue weighted by atomic mass is 9.74. The zero-order valence-corrected chi connectivity index (χ0v) is 9.14. The lowest BCUT2D eigenvalue weighted by Gasteiger charge is -2.34. The zero-order chi connectivity index (χ0) is 8.43. The van der Waals surface area contributed by atoms with Gasteiger partial charge in [0.15, 0.2) is 0 Å². The molecule has 1 fully saturated rings. The smallest absolute Gasteiger partial charge is 0.00721 e. The summed E-state index contributed by atoms with van der Waals surface area (Å²) in [7, 11) is 0. The average Bonchev–Trinajstić information content (AvgIpc) is 1.85. The molecule has 3 atom stereocenters. The Morgan fingerprint density at radius 1 is 1.25 bits per heavy atom. The van der Waals surface area contributed by atoms with Gasteiger partial charge in [-0.1, -0.05) is 27.2 Å². The van der Waals surface area contributed by atoms with Crippen LogP contribution in [0.3, 0.4) is 0 Å². The number of hydrogen-bond donors (Lipinski definition) is 1. The summed E-state index contributed by atoms with van der Waals surface area (Å²) in [6.07, 6.45) is 3.97. The molecule has 1 aliphatic carbocycles. The third-order valence-electron chi connectivity index (χ3n) is 3.07. The highest BCUT2D eigenvalue weighted by Gasteiger charge is 2.27. The van der Waals surface area contributed by atoms with Crippen LogP contribution in [0.2, 0.25) is 0 Å². The Bertz CT molecular complexity index is 125. The second-order valence-corrected chi connectivity index (χ2v) is 4.49. The summed E-state index contributed by atoms with van der Waals surface area (Å²) in [6, 6.07) is 0.471. The van der Waals surface area contributed by atoms with Crippen molar-refractivity contribution in [2.45, 2.75) is 46.1 Å². The monoisotopic (exact) mass is 190 g/mol. The minimum absolute atomic E-state index is 0. The van der Waals surface area contributed by atoms with E-state index in [-0.39, 0.29) is 12.4 Å². The number of halogens is 1. The first-order valence-corrected chi connectivity index (χ1v) is 4.87. The first-order chi connectivity index (χ1) is 5.11. The van der Waals surface area contributed by atoms with Crippen molar-refractivity contribution in [2.75, 3.05) is 0 Å². The van der Waals surface area contributed by atoms with E-state index < -0.39 is 0 Å². The summed E-state index contributed by atoms with van der Waals surface area (Å²) in [5.41, 5.74) is 6.07. The van der Waals surface area contributed by atoms with Crippen molar-refractivity contribution in [3.8, 4) is 0 Å². The molecule has 3 unspecified atom stereocenters. The van der Waals surface area contributed by atoms with Crippen LogP contribution in [0.1, 0.15) is 40.0 Å². The van der Waals surface area contributed by atoms with Gasteiger partial charge in [0.05, 0.1) is 0 Å². The molecule has 1 nitrogen and oxygen atoms in total. The van der Waals surface area contributed by atoms with Gasteiger partial charge in [-0.15, -0.1) is 0 Å². The summed E-state index contributed by atoms with van der Waals surface area (Å²) >= 11 is 0. The molecule has 1 aliphatic rings.